The Balaban J connectivity index is 1.90. The van der Waals surface area contributed by atoms with E-state index < -0.39 is 60.7 Å². The van der Waals surface area contributed by atoms with Crippen molar-refractivity contribution in [2.75, 3.05) is 19.8 Å². The molecular weight excluding hydrogens is 584 g/mol. The molecule has 11 nitrogen and oxygen atoms in total. The zero-order valence-electron chi connectivity index (χ0n) is 26.6. The summed E-state index contributed by atoms with van der Waals surface area (Å²) in [5.41, 5.74) is 5.32. The molecule has 1 N–H and O–H groups in total. The van der Waals surface area contributed by atoms with Gasteiger partial charge in [0.25, 0.3) is 0 Å². The first-order valence-electron chi connectivity index (χ1n) is 15.2. The molecule has 244 valence electrons. The molecule has 2 aromatic rings. The SMILES string of the molecule is CCc1ccc(Cc2cc([C@]3(O)O[C@H](COC(C)=O)[C@@H](OC(C)=O)[C@H](OC(C)=O)[C@H]3OC(C)=O)cc(C3CCOC3)c2C)cc1. The second-order valence-corrected chi connectivity index (χ2v) is 11.6. The van der Waals surface area contributed by atoms with Crippen LogP contribution in [0.3, 0.4) is 0 Å². The Labute approximate surface area is 263 Å². The highest BCUT2D eigenvalue weighted by Gasteiger charge is 2.60. The topological polar surface area (TPSA) is 144 Å². The van der Waals surface area contributed by atoms with Gasteiger partial charge in [-0.15, -0.1) is 0 Å². The molecule has 45 heavy (non-hydrogen) atoms. The molecule has 0 amide bonds. The van der Waals surface area contributed by atoms with Crippen LogP contribution in [0.25, 0.3) is 0 Å². The van der Waals surface area contributed by atoms with E-state index in [2.05, 4.69) is 31.2 Å². The first kappa shape index (κ1) is 34.1. The van der Waals surface area contributed by atoms with Gasteiger partial charge in [-0.05, 0) is 66.1 Å². The maximum atomic E-state index is 12.5. The summed E-state index contributed by atoms with van der Waals surface area (Å²) in [7, 11) is 0. The molecule has 2 aliphatic rings. The van der Waals surface area contributed by atoms with Crippen molar-refractivity contribution in [3.05, 3.63) is 69.8 Å². The molecule has 2 aliphatic heterocycles. The summed E-state index contributed by atoms with van der Waals surface area (Å²) in [6, 6.07) is 11.8. The van der Waals surface area contributed by atoms with Gasteiger partial charge in [0.05, 0.1) is 6.61 Å². The highest BCUT2D eigenvalue weighted by atomic mass is 16.7. The van der Waals surface area contributed by atoms with Crippen LogP contribution in [0.2, 0.25) is 0 Å². The third-order valence-corrected chi connectivity index (χ3v) is 8.22. The van der Waals surface area contributed by atoms with Crippen molar-refractivity contribution < 1.29 is 52.7 Å². The standard InChI is InChI=1S/C34H42O11/c1-7-24-8-10-25(11-9-24)14-27-15-28(16-29(19(27)2)26-12-13-40-17-26)34(39)33(44-23(6)38)32(43-22(5)37)31(42-21(4)36)30(45-34)18-41-20(3)35/h8-11,15-16,26,30-33,39H,7,12-14,17-18H2,1-6H3/t26?,30-,31-,32+,33-,34+/m1/s1. The van der Waals surface area contributed by atoms with Gasteiger partial charge in [-0.25, -0.2) is 0 Å². The number of hydrogen-bond acceptors (Lipinski definition) is 11. The van der Waals surface area contributed by atoms with Crippen LogP contribution in [0.5, 0.6) is 0 Å². The molecule has 0 aliphatic carbocycles. The van der Waals surface area contributed by atoms with Crippen molar-refractivity contribution in [1.29, 1.82) is 0 Å². The highest BCUT2D eigenvalue weighted by Crippen LogP contribution is 2.43. The van der Waals surface area contributed by atoms with Gasteiger partial charge < -0.3 is 33.5 Å². The molecule has 0 bridgehead atoms. The Hall–Kier alpha value is -3.80. The zero-order valence-corrected chi connectivity index (χ0v) is 26.6. The third kappa shape index (κ3) is 8.08. The van der Waals surface area contributed by atoms with E-state index in [4.69, 9.17) is 28.4 Å². The van der Waals surface area contributed by atoms with Gasteiger partial charge >= 0.3 is 23.9 Å². The summed E-state index contributed by atoms with van der Waals surface area (Å²) in [5, 5.41) is 12.5. The summed E-state index contributed by atoms with van der Waals surface area (Å²) < 4.78 is 33.8. The first-order chi connectivity index (χ1) is 21.3. The molecule has 0 saturated carbocycles. The van der Waals surface area contributed by atoms with E-state index in [9.17, 15) is 24.3 Å². The molecule has 1 unspecified atom stereocenters. The van der Waals surface area contributed by atoms with Crippen LogP contribution in [0.1, 0.15) is 80.3 Å². The van der Waals surface area contributed by atoms with E-state index >= 15 is 0 Å². The Bertz CT molecular complexity index is 1400. The van der Waals surface area contributed by atoms with Crippen LogP contribution >= 0.6 is 0 Å². The fraction of sp³-hybridized carbons (Fsp3) is 0.529. The number of esters is 4. The lowest BCUT2D eigenvalue weighted by molar-refractivity contribution is -0.360. The van der Waals surface area contributed by atoms with E-state index in [0.717, 1.165) is 55.9 Å². The zero-order chi connectivity index (χ0) is 32.9. The Morgan fingerprint density at radius 2 is 1.51 bits per heavy atom. The van der Waals surface area contributed by atoms with Crippen molar-refractivity contribution in [2.45, 2.75) is 96.9 Å². The molecular formula is C34H42O11. The smallest absolute Gasteiger partial charge is 0.303 e. The van der Waals surface area contributed by atoms with Crippen molar-refractivity contribution in [1.82, 2.24) is 0 Å². The molecule has 0 aromatic heterocycles. The Morgan fingerprint density at radius 3 is 2.07 bits per heavy atom. The number of aliphatic hydroxyl groups is 1. The van der Waals surface area contributed by atoms with Crippen LogP contribution < -0.4 is 0 Å². The Kier molecular flexibility index (Phi) is 11.0. The van der Waals surface area contributed by atoms with E-state index in [-0.39, 0.29) is 11.5 Å². The van der Waals surface area contributed by atoms with Gasteiger partial charge in [0.2, 0.25) is 11.9 Å². The molecule has 2 saturated heterocycles. The normalized spacial score (nSPS) is 26.2. The maximum absolute atomic E-state index is 12.5. The lowest BCUT2D eigenvalue weighted by Crippen LogP contribution is -2.66. The second-order valence-electron chi connectivity index (χ2n) is 11.6. The average Bonchev–Trinajstić information content (AvgIpc) is 3.51. The number of hydrogen-bond donors (Lipinski definition) is 1. The summed E-state index contributed by atoms with van der Waals surface area (Å²) in [4.78, 5) is 48.8. The quantitative estimate of drug-likeness (QED) is 0.305. The van der Waals surface area contributed by atoms with Crippen molar-refractivity contribution in [3.8, 4) is 0 Å². The van der Waals surface area contributed by atoms with Crippen molar-refractivity contribution in [2.24, 2.45) is 0 Å². The van der Waals surface area contributed by atoms with Gasteiger partial charge in [0.1, 0.15) is 12.7 Å². The van der Waals surface area contributed by atoms with Gasteiger partial charge in [-0.3, -0.25) is 19.2 Å². The first-order valence-corrected chi connectivity index (χ1v) is 15.2. The van der Waals surface area contributed by atoms with Crippen LogP contribution in [0.4, 0.5) is 0 Å². The van der Waals surface area contributed by atoms with E-state index in [1.807, 2.05) is 6.92 Å². The monoisotopic (exact) mass is 626 g/mol. The lowest BCUT2D eigenvalue weighted by atomic mass is 9.82. The number of aryl methyl sites for hydroxylation is 1. The minimum Gasteiger partial charge on any atom is -0.463 e. The fourth-order valence-electron chi connectivity index (χ4n) is 6.02. The second kappa shape index (κ2) is 14.5. The number of benzene rings is 2. The third-order valence-electron chi connectivity index (χ3n) is 8.22. The molecule has 2 heterocycles. The molecule has 4 rings (SSSR count). The van der Waals surface area contributed by atoms with Crippen LogP contribution in [0.15, 0.2) is 36.4 Å². The van der Waals surface area contributed by atoms with Gasteiger partial charge in [0, 0.05) is 45.8 Å². The van der Waals surface area contributed by atoms with E-state index in [1.165, 1.54) is 12.5 Å². The highest BCUT2D eigenvalue weighted by molar-refractivity contribution is 5.69. The fourth-order valence-corrected chi connectivity index (χ4v) is 6.02. The number of carbonyl (C=O) groups excluding carboxylic acids is 4. The van der Waals surface area contributed by atoms with E-state index in [0.29, 0.717) is 19.6 Å². The van der Waals surface area contributed by atoms with Gasteiger partial charge in [-0.2, -0.15) is 0 Å². The van der Waals surface area contributed by atoms with Gasteiger partial charge in [-0.1, -0.05) is 31.2 Å². The predicted molar refractivity (Wildman–Crippen MR) is 160 cm³/mol. The largest absolute Gasteiger partial charge is 0.463 e. The van der Waals surface area contributed by atoms with Crippen LogP contribution in [0, 0.1) is 6.92 Å². The molecule has 2 aromatic carbocycles. The molecule has 6 atom stereocenters. The maximum Gasteiger partial charge on any atom is 0.303 e. The summed E-state index contributed by atoms with van der Waals surface area (Å²) in [6.45, 7) is 9.34. The van der Waals surface area contributed by atoms with E-state index in [1.54, 1.807) is 12.1 Å². The number of carbonyl (C=O) groups is 4. The summed E-state index contributed by atoms with van der Waals surface area (Å²) in [6.07, 6.45) is -3.67. The number of ether oxygens (including phenoxy) is 6. The average molecular weight is 627 g/mol. The summed E-state index contributed by atoms with van der Waals surface area (Å²) in [5.74, 6) is -5.38. The van der Waals surface area contributed by atoms with Crippen LogP contribution in [-0.4, -0.2) is 73.2 Å². The molecule has 0 spiro atoms. The molecule has 2 fully saturated rings. The molecule has 11 heteroatoms. The van der Waals surface area contributed by atoms with Crippen LogP contribution in [-0.2, 0) is 66.2 Å². The van der Waals surface area contributed by atoms with Crippen molar-refractivity contribution >= 4 is 23.9 Å². The van der Waals surface area contributed by atoms with Gasteiger partial charge in [0.15, 0.2) is 12.2 Å². The lowest BCUT2D eigenvalue weighted by Gasteiger charge is -2.49. The van der Waals surface area contributed by atoms with Crippen molar-refractivity contribution in [3.63, 3.8) is 0 Å². The predicted octanol–water partition coefficient (Wildman–Crippen LogP) is 3.55. The summed E-state index contributed by atoms with van der Waals surface area (Å²) >= 11 is 0. The molecule has 0 radical (unpaired) electrons. The number of rotatable bonds is 10. The Morgan fingerprint density at radius 1 is 0.889 bits per heavy atom. The minimum atomic E-state index is -2.42. The minimum absolute atomic E-state index is 0.0282.